The molecule has 1 aromatic rings. The number of esters is 1. The molecule has 2 heterocycles. The highest BCUT2D eigenvalue weighted by atomic mass is 32.1. The van der Waals surface area contributed by atoms with E-state index >= 15 is 0 Å². The van der Waals surface area contributed by atoms with Gasteiger partial charge < -0.3 is 10.1 Å². The first-order valence-corrected chi connectivity index (χ1v) is 5.18. The summed E-state index contributed by atoms with van der Waals surface area (Å²) in [6.45, 7) is 2.27. The molecule has 0 radical (unpaired) electrons. The molecule has 4 heteroatoms. The van der Waals surface area contributed by atoms with Crippen LogP contribution in [0.3, 0.4) is 0 Å². The zero-order chi connectivity index (χ0) is 9.26. The van der Waals surface area contributed by atoms with Crippen molar-refractivity contribution in [3.8, 4) is 0 Å². The van der Waals surface area contributed by atoms with E-state index in [0.29, 0.717) is 6.61 Å². The van der Waals surface area contributed by atoms with Gasteiger partial charge in [-0.05, 0) is 23.9 Å². The molecule has 1 unspecified atom stereocenters. The number of thiophene rings is 1. The van der Waals surface area contributed by atoms with Crippen LogP contribution < -0.4 is 5.32 Å². The molecule has 13 heavy (non-hydrogen) atoms. The van der Waals surface area contributed by atoms with Crippen LogP contribution in [0.1, 0.15) is 12.5 Å². The van der Waals surface area contributed by atoms with Crippen LogP contribution in [0.25, 0.3) is 0 Å². The van der Waals surface area contributed by atoms with Crippen molar-refractivity contribution in [3.63, 3.8) is 0 Å². The Balaban J connectivity index is 2.01. The zero-order valence-electron chi connectivity index (χ0n) is 7.37. The minimum Gasteiger partial charge on any atom is -0.464 e. The molecule has 1 atom stereocenters. The normalized spacial score (nSPS) is 19.3. The van der Waals surface area contributed by atoms with Gasteiger partial charge in [0.05, 0.1) is 11.6 Å². The van der Waals surface area contributed by atoms with E-state index < -0.39 is 0 Å². The highest BCUT2D eigenvalue weighted by Gasteiger charge is 2.28. The van der Waals surface area contributed by atoms with Crippen molar-refractivity contribution in [2.24, 2.45) is 0 Å². The van der Waals surface area contributed by atoms with E-state index in [9.17, 15) is 4.79 Å². The van der Waals surface area contributed by atoms with Gasteiger partial charge in [0.1, 0.15) is 6.04 Å². The minimum atomic E-state index is -0.164. The van der Waals surface area contributed by atoms with E-state index in [-0.39, 0.29) is 12.0 Å². The molecular formula is C9H11NO2S. The second-order valence-corrected chi connectivity index (χ2v) is 3.84. The van der Waals surface area contributed by atoms with Crippen molar-refractivity contribution in [3.05, 3.63) is 17.0 Å². The second kappa shape index (κ2) is 3.38. The quantitative estimate of drug-likeness (QED) is 0.732. The predicted molar refractivity (Wildman–Crippen MR) is 52.1 cm³/mol. The molecule has 2 rings (SSSR count). The van der Waals surface area contributed by atoms with E-state index in [2.05, 4.69) is 5.32 Å². The van der Waals surface area contributed by atoms with E-state index in [1.165, 1.54) is 5.56 Å². The van der Waals surface area contributed by atoms with Gasteiger partial charge in [-0.3, -0.25) is 0 Å². The maximum atomic E-state index is 11.3. The lowest BCUT2D eigenvalue weighted by atomic mass is 10.2. The Hall–Kier alpha value is -1.03. The van der Waals surface area contributed by atoms with Crippen LogP contribution in [0, 0.1) is 0 Å². The molecule has 0 saturated heterocycles. The molecule has 1 aliphatic rings. The summed E-state index contributed by atoms with van der Waals surface area (Å²) in [5.41, 5.74) is 1.23. The average molecular weight is 197 g/mol. The standard InChI is InChI=1S/C9H11NO2S/c1-2-12-9(11)7-5-6-3-4-13-8(6)10-7/h3-4,7,10H,2,5H2,1H3. The van der Waals surface area contributed by atoms with Crippen LogP contribution in [-0.4, -0.2) is 18.6 Å². The van der Waals surface area contributed by atoms with E-state index in [1.807, 2.05) is 18.4 Å². The first-order chi connectivity index (χ1) is 6.31. The van der Waals surface area contributed by atoms with Crippen LogP contribution in [0.2, 0.25) is 0 Å². The van der Waals surface area contributed by atoms with E-state index in [1.54, 1.807) is 11.3 Å². The van der Waals surface area contributed by atoms with Crippen LogP contribution in [0.15, 0.2) is 11.4 Å². The van der Waals surface area contributed by atoms with Gasteiger partial charge in [0.15, 0.2) is 0 Å². The molecule has 0 aromatic carbocycles. The van der Waals surface area contributed by atoms with Crippen LogP contribution in [-0.2, 0) is 16.0 Å². The largest absolute Gasteiger partial charge is 0.464 e. The number of hydrogen-bond acceptors (Lipinski definition) is 4. The summed E-state index contributed by atoms with van der Waals surface area (Å²) >= 11 is 1.63. The van der Waals surface area contributed by atoms with E-state index in [4.69, 9.17) is 4.74 Å². The summed E-state index contributed by atoms with van der Waals surface area (Å²) in [4.78, 5) is 11.3. The molecule has 0 saturated carbocycles. The molecule has 1 N–H and O–H groups in total. The maximum Gasteiger partial charge on any atom is 0.328 e. The number of nitrogens with one attached hydrogen (secondary N) is 1. The molecule has 0 bridgehead atoms. The Morgan fingerprint density at radius 1 is 1.85 bits per heavy atom. The first kappa shape index (κ1) is 8.56. The Labute approximate surface area is 80.7 Å². The number of ether oxygens (including phenoxy) is 1. The molecule has 0 spiro atoms. The van der Waals surface area contributed by atoms with Gasteiger partial charge in [-0.15, -0.1) is 11.3 Å². The number of anilines is 1. The maximum absolute atomic E-state index is 11.3. The number of carbonyl (C=O) groups is 1. The molecule has 1 aromatic heterocycles. The van der Waals surface area contributed by atoms with Crippen LogP contribution >= 0.6 is 11.3 Å². The summed E-state index contributed by atoms with van der Waals surface area (Å²) in [6, 6.07) is 1.88. The lowest BCUT2D eigenvalue weighted by Crippen LogP contribution is -2.28. The molecule has 0 amide bonds. The average Bonchev–Trinajstić information content (AvgIpc) is 2.61. The molecule has 3 nitrogen and oxygen atoms in total. The van der Waals surface area contributed by atoms with Crippen molar-refractivity contribution in [2.45, 2.75) is 19.4 Å². The molecule has 0 fully saturated rings. The van der Waals surface area contributed by atoms with Crippen molar-refractivity contribution in [2.75, 3.05) is 11.9 Å². The van der Waals surface area contributed by atoms with Gasteiger partial charge in [-0.1, -0.05) is 0 Å². The van der Waals surface area contributed by atoms with Gasteiger partial charge >= 0.3 is 5.97 Å². The van der Waals surface area contributed by atoms with Gasteiger partial charge in [0.25, 0.3) is 0 Å². The highest BCUT2D eigenvalue weighted by Crippen LogP contribution is 2.31. The van der Waals surface area contributed by atoms with Crippen molar-refractivity contribution in [1.29, 1.82) is 0 Å². The lowest BCUT2D eigenvalue weighted by molar-refractivity contribution is -0.143. The highest BCUT2D eigenvalue weighted by molar-refractivity contribution is 7.14. The third-order valence-electron chi connectivity index (χ3n) is 2.05. The van der Waals surface area contributed by atoms with Gasteiger partial charge in [-0.25, -0.2) is 4.79 Å². The van der Waals surface area contributed by atoms with E-state index in [0.717, 1.165) is 11.4 Å². The zero-order valence-corrected chi connectivity index (χ0v) is 8.19. The third kappa shape index (κ3) is 1.54. The molecule has 1 aliphatic heterocycles. The molecule has 70 valence electrons. The number of rotatable bonds is 2. The van der Waals surface area contributed by atoms with Crippen LogP contribution in [0.5, 0.6) is 0 Å². The minimum absolute atomic E-state index is 0.147. The fourth-order valence-electron chi connectivity index (χ4n) is 1.44. The topological polar surface area (TPSA) is 38.3 Å². The van der Waals surface area contributed by atoms with Crippen molar-refractivity contribution >= 4 is 22.3 Å². The SMILES string of the molecule is CCOC(=O)C1Cc2ccsc2N1. The van der Waals surface area contributed by atoms with Gasteiger partial charge in [0, 0.05) is 6.42 Å². The van der Waals surface area contributed by atoms with Gasteiger partial charge in [-0.2, -0.15) is 0 Å². The van der Waals surface area contributed by atoms with Crippen molar-refractivity contribution in [1.82, 2.24) is 0 Å². The Morgan fingerprint density at radius 3 is 3.38 bits per heavy atom. The third-order valence-corrected chi connectivity index (χ3v) is 2.94. The smallest absolute Gasteiger partial charge is 0.328 e. The number of carbonyl (C=O) groups excluding carboxylic acids is 1. The fraction of sp³-hybridized carbons (Fsp3) is 0.444. The van der Waals surface area contributed by atoms with Crippen LogP contribution in [0.4, 0.5) is 5.00 Å². The van der Waals surface area contributed by atoms with Crippen molar-refractivity contribution < 1.29 is 9.53 Å². The van der Waals surface area contributed by atoms with Gasteiger partial charge in [0.2, 0.25) is 0 Å². The summed E-state index contributed by atoms with van der Waals surface area (Å²) < 4.78 is 4.93. The Bertz CT molecular complexity index is 301. The summed E-state index contributed by atoms with van der Waals surface area (Å²) in [7, 11) is 0. The Morgan fingerprint density at radius 2 is 2.69 bits per heavy atom. The summed E-state index contributed by atoms with van der Waals surface area (Å²) in [6.07, 6.45) is 0.762. The monoisotopic (exact) mass is 197 g/mol. The molecule has 0 aliphatic carbocycles. The first-order valence-electron chi connectivity index (χ1n) is 4.31. The lowest BCUT2D eigenvalue weighted by Gasteiger charge is -2.09. The predicted octanol–water partition coefficient (Wildman–Crippen LogP) is 1.65. The fourth-order valence-corrected chi connectivity index (χ4v) is 2.32. The number of fused-ring (bicyclic) bond motifs is 1. The number of hydrogen-bond donors (Lipinski definition) is 1. The Kier molecular flexibility index (Phi) is 2.22. The summed E-state index contributed by atoms with van der Waals surface area (Å²) in [5, 5.41) is 6.28. The summed E-state index contributed by atoms with van der Waals surface area (Å²) in [5.74, 6) is -0.147. The molecular weight excluding hydrogens is 186 g/mol. The second-order valence-electron chi connectivity index (χ2n) is 2.93.